The molecular weight excluding hydrogens is 256 g/mol. The standard InChI is InChI=1S/C14H20N4O2/c1-10(2)18-9-12(6-13(18)19)17-14(20)16-8-11-4-3-5-15-7-11/h3-5,7,10,12H,6,8-9H2,1-2H3,(H2,16,17,20). The number of nitrogens with zero attached hydrogens (tertiary/aromatic N) is 2. The van der Waals surface area contributed by atoms with Crippen LogP contribution >= 0.6 is 0 Å². The van der Waals surface area contributed by atoms with E-state index in [9.17, 15) is 9.59 Å². The molecule has 1 unspecified atom stereocenters. The second-order valence-corrected chi connectivity index (χ2v) is 5.23. The van der Waals surface area contributed by atoms with Crippen molar-refractivity contribution < 1.29 is 9.59 Å². The third-order valence-electron chi connectivity index (χ3n) is 3.29. The Kier molecular flexibility index (Phi) is 4.55. The van der Waals surface area contributed by atoms with Crippen molar-refractivity contribution in [3.63, 3.8) is 0 Å². The number of hydrogen-bond donors (Lipinski definition) is 2. The van der Waals surface area contributed by atoms with Crippen molar-refractivity contribution in [2.45, 2.75) is 38.9 Å². The third-order valence-corrected chi connectivity index (χ3v) is 3.29. The van der Waals surface area contributed by atoms with E-state index in [4.69, 9.17) is 0 Å². The average Bonchev–Trinajstić information content (AvgIpc) is 2.78. The Morgan fingerprint density at radius 2 is 2.35 bits per heavy atom. The van der Waals surface area contributed by atoms with Crippen LogP contribution in [0.25, 0.3) is 0 Å². The lowest BCUT2D eigenvalue weighted by Gasteiger charge is -2.21. The van der Waals surface area contributed by atoms with Crippen LogP contribution in [0.2, 0.25) is 0 Å². The molecule has 1 aromatic heterocycles. The quantitative estimate of drug-likeness (QED) is 0.857. The van der Waals surface area contributed by atoms with Gasteiger partial charge in [-0.05, 0) is 25.5 Å². The zero-order valence-corrected chi connectivity index (χ0v) is 11.8. The number of likely N-dealkylation sites (tertiary alicyclic amines) is 1. The van der Waals surface area contributed by atoms with E-state index in [1.165, 1.54) is 0 Å². The number of nitrogens with one attached hydrogen (secondary N) is 2. The molecule has 0 aromatic carbocycles. The van der Waals surface area contributed by atoms with Crippen molar-refractivity contribution in [1.29, 1.82) is 0 Å². The monoisotopic (exact) mass is 276 g/mol. The van der Waals surface area contributed by atoms with Crippen molar-refractivity contribution in [3.8, 4) is 0 Å². The van der Waals surface area contributed by atoms with E-state index in [1.54, 1.807) is 17.3 Å². The van der Waals surface area contributed by atoms with Crippen molar-refractivity contribution in [2.75, 3.05) is 6.54 Å². The summed E-state index contributed by atoms with van der Waals surface area (Å²) >= 11 is 0. The van der Waals surface area contributed by atoms with Gasteiger partial charge < -0.3 is 15.5 Å². The van der Waals surface area contributed by atoms with Crippen molar-refractivity contribution in [1.82, 2.24) is 20.5 Å². The van der Waals surface area contributed by atoms with Crippen LogP contribution in [0.1, 0.15) is 25.8 Å². The second kappa shape index (κ2) is 6.36. The molecule has 0 bridgehead atoms. The highest BCUT2D eigenvalue weighted by atomic mass is 16.2. The molecule has 1 aromatic rings. The summed E-state index contributed by atoms with van der Waals surface area (Å²) in [7, 11) is 0. The first-order valence-corrected chi connectivity index (χ1v) is 6.79. The minimum absolute atomic E-state index is 0.0950. The summed E-state index contributed by atoms with van der Waals surface area (Å²) in [4.78, 5) is 29.3. The summed E-state index contributed by atoms with van der Waals surface area (Å²) in [5.41, 5.74) is 0.939. The van der Waals surface area contributed by atoms with Gasteiger partial charge >= 0.3 is 6.03 Å². The van der Waals surface area contributed by atoms with Crippen LogP contribution in [-0.2, 0) is 11.3 Å². The number of carbonyl (C=O) groups excluding carboxylic acids is 2. The lowest BCUT2D eigenvalue weighted by atomic mass is 10.2. The fourth-order valence-corrected chi connectivity index (χ4v) is 2.25. The number of urea groups is 1. The molecule has 1 atom stereocenters. The van der Waals surface area contributed by atoms with Crippen molar-refractivity contribution in [3.05, 3.63) is 30.1 Å². The van der Waals surface area contributed by atoms with E-state index in [0.717, 1.165) is 5.56 Å². The van der Waals surface area contributed by atoms with Gasteiger partial charge in [0.1, 0.15) is 0 Å². The maximum atomic E-state index is 11.8. The molecule has 2 N–H and O–H groups in total. The van der Waals surface area contributed by atoms with E-state index in [0.29, 0.717) is 19.5 Å². The maximum Gasteiger partial charge on any atom is 0.315 e. The Morgan fingerprint density at radius 1 is 1.55 bits per heavy atom. The first kappa shape index (κ1) is 14.3. The fraction of sp³-hybridized carbons (Fsp3) is 0.500. The number of amides is 3. The molecule has 2 heterocycles. The highest BCUT2D eigenvalue weighted by Crippen LogP contribution is 2.13. The van der Waals surface area contributed by atoms with Gasteiger partial charge in [-0.1, -0.05) is 6.07 Å². The predicted octanol–water partition coefficient (Wildman–Crippen LogP) is 0.890. The van der Waals surface area contributed by atoms with Crippen LogP contribution in [0.5, 0.6) is 0 Å². The highest BCUT2D eigenvalue weighted by Gasteiger charge is 2.31. The Morgan fingerprint density at radius 3 is 2.95 bits per heavy atom. The molecular formula is C14H20N4O2. The molecule has 6 heteroatoms. The molecule has 0 spiro atoms. The lowest BCUT2D eigenvalue weighted by molar-refractivity contribution is -0.129. The number of rotatable bonds is 4. The lowest BCUT2D eigenvalue weighted by Crippen LogP contribution is -2.43. The molecule has 1 aliphatic heterocycles. The number of aromatic nitrogens is 1. The molecule has 1 saturated heterocycles. The van der Waals surface area contributed by atoms with Gasteiger partial charge in [-0.15, -0.1) is 0 Å². The normalized spacial score (nSPS) is 18.4. The number of hydrogen-bond acceptors (Lipinski definition) is 3. The minimum Gasteiger partial charge on any atom is -0.338 e. The fourth-order valence-electron chi connectivity index (χ4n) is 2.25. The summed E-state index contributed by atoms with van der Waals surface area (Å²) in [5, 5.41) is 5.60. The van der Waals surface area contributed by atoms with Gasteiger partial charge in [0.25, 0.3) is 0 Å². The van der Waals surface area contributed by atoms with E-state index >= 15 is 0 Å². The Bertz CT molecular complexity index is 475. The van der Waals surface area contributed by atoms with E-state index in [1.807, 2.05) is 26.0 Å². The second-order valence-electron chi connectivity index (χ2n) is 5.23. The molecule has 6 nitrogen and oxygen atoms in total. The van der Waals surface area contributed by atoms with E-state index < -0.39 is 0 Å². The van der Waals surface area contributed by atoms with Crippen LogP contribution in [0.15, 0.2) is 24.5 Å². The van der Waals surface area contributed by atoms with Gasteiger partial charge in [-0.3, -0.25) is 9.78 Å². The molecule has 1 fully saturated rings. The molecule has 0 radical (unpaired) electrons. The topological polar surface area (TPSA) is 74.3 Å². The van der Waals surface area contributed by atoms with Gasteiger partial charge in [-0.2, -0.15) is 0 Å². The van der Waals surface area contributed by atoms with Crippen LogP contribution in [-0.4, -0.2) is 40.5 Å². The molecule has 3 amide bonds. The largest absolute Gasteiger partial charge is 0.338 e. The molecule has 0 aliphatic carbocycles. The number of carbonyl (C=O) groups is 2. The summed E-state index contributed by atoms with van der Waals surface area (Å²) in [6.45, 7) is 4.95. The zero-order valence-electron chi connectivity index (χ0n) is 11.8. The minimum atomic E-state index is -0.253. The van der Waals surface area contributed by atoms with E-state index in [2.05, 4.69) is 15.6 Å². The molecule has 2 rings (SSSR count). The predicted molar refractivity (Wildman–Crippen MR) is 74.9 cm³/mol. The van der Waals surface area contributed by atoms with Crippen molar-refractivity contribution >= 4 is 11.9 Å². The Labute approximate surface area is 118 Å². The van der Waals surface area contributed by atoms with Gasteiger partial charge in [0.05, 0.1) is 6.04 Å². The van der Waals surface area contributed by atoms with Crippen molar-refractivity contribution in [2.24, 2.45) is 0 Å². The van der Waals surface area contributed by atoms with Gasteiger partial charge in [-0.25, -0.2) is 4.79 Å². The zero-order chi connectivity index (χ0) is 14.5. The summed E-state index contributed by atoms with van der Waals surface area (Å²) in [6.07, 6.45) is 3.77. The highest BCUT2D eigenvalue weighted by molar-refractivity contribution is 5.81. The smallest absolute Gasteiger partial charge is 0.315 e. The van der Waals surface area contributed by atoms with Crippen LogP contribution in [0.4, 0.5) is 4.79 Å². The first-order chi connectivity index (χ1) is 9.56. The summed E-state index contributed by atoms with van der Waals surface area (Å²) < 4.78 is 0. The average molecular weight is 276 g/mol. The molecule has 1 aliphatic rings. The van der Waals surface area contributed by atoms with Gasteiger partial charge in [0.2, 0.25) is 5.91 Å². The number of pyridine rings is 1. The Hall–Kier alpha value is -2.11. The molecule has 20 heavy (non-hydrogen) atoms. The van der Waals surface area contributed by atoms with Gasteiger partial charge in [0.15, 0.2) is 0 Å². The maximum absolute atomic E-state index is 11.8. The SMILES string of the molecule is CC(C)N1CC(NC(=O)NCc2cccnc2)CC1=O. The molecule has 0 saturated carbocycles. The Balaban J connectivity index is 1.77. The third kappa shape index (κ3) is 3.69. The van der Waals surface area contributed by atoms with Crippen LogP contribution in [0, 0.1) is 0 Å². The summed E-state index contributed by atoms with van der Waals surface area (Å²) in [5.74, 6) is 0.0950. The summed E-state index contributed by atoms with van der Waals surface area (Å²) in [6, 6.07) is 3.53. The van der Waals surface area contributed by atoms with Gasteiger partial charge in [0, 0.05) is 37.9 Å². The first-order valence-electron chi connectivity index (χ1n) is 6.79. The molecule has 108 valence electrons. The van der Waals surface area contributed by atoms with Crippen LogP contribution in [0.3, 0.4) is 0 Å². The van der Waals surface area contributed by atoms with Crippen LogP contribution < -0.4 is 10.6 Å². The van der Waals surface area contributed by atoms with E-state index in [-0.39, 0.29) is 24.0 Å².